The number of hydrogen-bond acceptors (Lipinski definition) is 2. The number of carbonyl (C=O) groups is 1. The first-order valence-electron chi connectivity index (χ1n) is 9.01. The number of aryl methyl sites for hydroxylation is 1. The third-order valence-electron chi connectivity index (χ3n) is 4.82. The number of nitrogens with zero attached hydrogens (tertiary/aromatic N) is 1. The van der Waals surface area contributed by atoms with Crippen molar-refractivity contribution in [2.75, 3.05) is 6.61 Å². The molecule has 0 spiro atoms. The van der Waals surface area contributed by atoms with E-state index in [0.717, 1.165) is 32.9 Å². The zero-order valence-electron chi connectivity index (χ0n) is 15.3. The van der Waals surface area contributed by atoms with Crippen molar-refractivity contribution in [1.29, 1.82) is 0 Å². The Morgan fingerprint density at radius 3 is 2.52 bits per heavy atom. The summed E-state index contributed by atoms with van der Waals surface area (Å²) < 4.78 is 8.61. The molecule has 0 aliphatic heterocycles. The van der Waals surface area contributed by atoms with Crippen LogP contribution in [-0.4, -0.2) is 17.1 Å². The molecule has 1 aromatic heterocycles. The van der Waals surface area contributed by atoms with E-state index in [2.05, 4.69) is 69.9 Å². The molecule has 0 saturated carbocycles. The summed E-state index contributed by atoms with van der Waals surface area (Å²) in [6, 6.07) is 20.6. The molecule has 0 amide bonds. The van der Waals surface area contributed by atoms with Crippen LogP contribution in [0.25, 0.3) is 21.8 Å². The molecule has 4 rings (SSSR count). The number of ether oxygens (including phenoxy) is 1. The molecule has 0 bridgehead atoms. The standard InChI is InChI=1S/C23H20BrNO2/c1-3-27-23(26)17-12-15(2)22-20(13-17)19-6-4-5-7-21(19)25(22)14-16-8-10-18(24)11-9-16/h4-13H,3,14H2,1-2H3. The predicted octanol–water partition coefficient (Wildman–Crippen LogP) is 6.09. The van der Waals surface area contributed by atoms with Gasteiger partial charge in [0.1, 0.15) is 0 Å². The molecule has 27 heavy (non-hydrogen) atoms. The molecule has 3 aromatic carbocycles. The van der Waals surface area contributed by atoms with Crippen molar-refractivity contribution >= 4 is 43.7 Å². The van der Waals surface area contributed by atoms with Crippen molar-refractivity contribution in [3.05, 3.63) is 81.8 Å². The summed E-state index contributed by atoms with van der Waals surface area (Å²) in [7, 11) is 0. The van der Waals surface area contributed by atoms with E-state index in [1.807, 2.05) is 25.1 Å². The number of halogens is 1. The Bertz CT molecular complexity index is 1140. The van der Waals surface area contributed by atoms with Crippen LogP contribution in [0.5, 0.6) is 0 Å². The Hall–Kier alpha value is -2.59. The van der Waals surface area contributed by atoms with Gasteiger partial charge in [0.05, 0.1) is 17.7 Å². The average Bonchev–Trinajstić information content (AvgIpc) is 2.98. The van der Waals surface area contributed by atoms with Gasteiger partial charge in [0, 0.05) is 27.3 Å². The van der Waals surface area contributed by atoms with Crippen LogP contribution < -0.4 is 0 Å². The monoisotopic (exact) mass is 421 g/mol. The second-order valence-corrected chi connectivity index (χ2v) is 7.56. The fraction of sp³-hybridized carbons (Fsp3) is 0.174. The number of para-hydroxylation sites is 1. The minimum Gasteiger partial charge on any atom is -0.462 e. The molecule has 0 saturated heterocycles. The van der Waals surface area contributed by atoms with Crippen molar-refractivity contribution in [2.24, 2.45) is 0 Å². The first kappa shape index (κ1) is 17.8. The number of hydrogen-bond donors (Lipinski definition) is 0. The summed E-state index contributed by atoms with van der Waals surface area (Å²) in [4.78, 5) is 12.3. The highest BCUT2D eigenvalue weighted by atomic mass is 79.9. The summed E-state index contributed by atoms with van der Waals surface area (Å²) >= 11 is 3.50. The van der Waals surface area contributed by atoms with E-state index >= 15 is 0 Å². The maximum atomic E-state index is 12.3. The van der Waals surface area contributed by atoms with Crippen LogP contribution in [0.2, 0.25) is 0 Å². The van der Waals surface area contributed by atoms with Gasteiger partial charge in [-0.3, -0.25) is 0 Å². The van der Waals surface area contributed by atoms with E-state index in [4.69, 9.17) is 4.74 Å². The Kier molecular flexibility index (Phi) is 4.75. The molecular formula is C23H20BrNO2. The first-order valence-corrected chi connectivity index (χ1v) is 9.81. The van der Waals surface area contributed by atoms with Gasteiger partial charge in [0.2, 0.25) is 0 Å². The van der Waals surface area contributed by atoms with E-state index in [1.165, 1.54) is 11.1 Å². The minimum absolute atomic E-state index is 0.271. The molecule has 0 atom stereocenters. The fourth-order valence-corrected chi connectivity index (χ4v) is 3.93. The highest BCUT2D eigenvalue weighted by molar-refractivity contribution is 9.10. The number of aromatic nitrogens is 1. The van der Waals surface area contributed by atoms with Gasteiger partial charge < -0.3 is 9.30 Å². The van der Waals surface area contributed by atoms with Crippen LogP contribution in [0.3, 0.4) is 0 Å². The van der Waals surface area contributed by atoms with Gasteiger partial charge in [-0.2, -0.15) is 0 Å². The molecule has 1 heterocycles. The Morgan fingerprint density at radius 1 is 1.04 bits per heavy atom. The molecule has 0 fully saturated rings. The van der Waals surface area contributed by atoms with Crippen LogP contribution in [0, 0.1) is 6.92 Å². The highest BCUT2D eigenvalue weighted by Crippen LogP contribution is 2.33. The van der Waals surface area contributed by atoms with Gasteiger partial charge in [0.25, 0.3) is 0 Å². The number of esters is 1. The van der Waals surface area contributed by atoms with Crippen molar-refractivity contribution in [3.8, 4) is 0 Å². The topological polar surface area (TPSA) is 31.2 Å². The zero-order chi connectivity index (χ0) is 19.0. The largest absolute Gasteiger partial charge is 0.462 e. The van der Waals surface area contributed by atoms with Crippen LogP contribution in [0.1, 0.15) is 28.4 Å². The maximum Gasteiger partial charge on any atom is 0.338 e. The summed E-state index contributed by atoms with van der Waals surface area (Å²) in [6.07, 6.45) is 0. The van der Waals surface area contributed by atoms with Crippen molar-refractivity contribution in [1.82, 2.24) is 4.57 Å². The quantitative estimate of drug-likeness (QED) is 0.373. The fourth-order valence-electron chi connectivity index (χ4n) is 3.67. The lowest BCUT2D eigenvalue weighted by molar-refractivity contribution is 0.0526. The normalized spacial score (nSPS) is 11.2. The lowest BCUT2D eigenvalue weighted by Crippen LogP contribution is -2.06. The van der Waals surface area contributed by atoms with Crippen molar-refractivity contribution < 1.29 is 9.53 Å². The van der Waals surface area contributed by atoms with Crippen LogP contribution in [-0.2, 0) is 11.3 Å². The Morgan fingerprint density at radius 2 is 1.78 bits per heavy atom. The second-order valence-electron chi connectivity index (χ2n) is 6.64. The van der Waals surface area contributed by atoms with Gasteiger partial charge in [-0.1, -0.05) is 46.3 Å². The molecule has 4 aromatic rings. The Labute approximate surface area is 166 Å². The first-order chi connectivity index (χ1) is 13.1. The van der Waals surface area contributed by atoms with E-state index < -0.39 is 0 Å². The van der Waals surface area contributed by atoms with Crippen LogP contribution in [0.4, 0.5) is 0 Å². The average molecular weight is 422 g/mol. The van der Waals surface area contributed by atoms with E-state index in [1.54, 1.807) is 0 Å². The molecule has 0 unspecified atom stereocenters. The van der Waals surface area contributed by atoms with E-state index in [0.29, 0.717) is 12.2 Å². The van der Waals surface area contributed by atoms with Crippen LogP contribution >= 0.6 is 15.9 Å². The number of fused-ring (bicyclic) bond motifs is 3. The van der Waals surface area contributed by atoms with E-state index in [9.17, 15) is 4.79 Å². The number of rotatable bonds is 4. The molecule has 0 radical (unpaired) electrons. The second kappa shape index (κ2) is 7.20. The minimum atomic E-state index is -0.271. The maximum absolute atomic E-state index is 12.3. The third-order valence-corrected chi connectivity index (χ3v) is 5.35. The molecule has 0 aliphatic carbocycles. The van der Waals surface area contributed by atoms with E-state index in [-0.39, 0.29) is 5.97 Å². The summed E-state index contributed by atoms with van der Waals surface area (Å²) in [6.45, 7) is 5.04. The zero-order valence-corrected chi connectivity index (χ0v) is 16.9. The smallest absolute Gasteiger partial charge is 0.338 e. The molecule has 0 aliphatic rings. The highest BCUT2D eigenvalue weighted by Gasteiger charge is 2.16. The van der Waals surface area contributed by atoms with Gasteiger partial charge >= 0.3 is 5.97 Å². The van der Waals surface area contributed by atoms with Gasteiger partial charge in [-0.05, 0) is 55.3 Å². The van der Waals surface area contributed by atoms with Crippen molar-refractivity contribution in [3.63, 3.8) is 0 Å². The molecule has 4 heteroatoms. The number of benzene rings is 3. The van der Waals surface area contributed by atoms with Crippen molar-refractivity contribution in [2.45, 2.75) is 20.4 Å². The summed E-state index contributed by atoms with van der Waals surface area (Å²) in [5.74, 6) is -0.271. The lowest BCUT2D eigenvalue weighted by atomic mass is 10.1. The molecule has 0 N–H and O–H groups in total. The Balaban J connectivity index is 1.94. The van der Waals surface area contributed by atoms with Gasteiger partial charge in [0.15, 0.2) is 0 Å². The number of carbonyl (C=O) groups excluding carboxylic acids is 1. The molecular weight excluding hydrogens is 402 g/mol. The molecule has 3 nitrogen and oxygen atoms in total. The summed E-state index contributed by atoms with van der Waals surface area (Å²) in [5.41, 5.74) is 5.23. The predicted molar refractivity (Wildman–Crippen MR) is 113 cm³/mol. The lowest BCUT2D eigenvalue weighted by Gasteiger charge is -2.11. The van der Waals surface area contributed by atoms with Gasteiger partial charge in [-0.25, -0.2) is 4.79 Å². The summed E-state index contributed by atoms with van der Waals surface area (Å²) in [5, 5.41) is 2.24. The van der Waals surface area contributed by atoms with Crippen LogP contribution in [0.15, 0.2) is 65.1 Å². The van der Waals surface area contributed by atoms with Gasteiger partial charge in [-0.15, -0.1) is 0 Å². The molecule has 136 valence electrons. The third kappa shape index (κ3) is 3.26. The SMILES string of the molecule is CCOC(=O)c1cc(C)c2c(c1)c1ccccc1n2Cc1ccc(Br)cc1.